The number of nitrogens with zero attached hydrogens (tertiary/aromatic N) is 3. The summed E-state index contributed by atoms with van der Waals surface area (Å²) in [6.07, 6.45) is -4.05. The van der Waals surface area contributed by atoms with Gasteiger partial charge in [-0.1, -0.05) is 42.5 Å². The van der Waals surface area contributed by atoms with Crippen LogP contribution in [0, 0.1) is 0 Å². The summed E-state index contributed by atoms with van der Waals surface area (Å²) in [5.74, 6) is -1.31. The molecule has 0 saturated carbocycles. The largest absolute Gasteiger partial charge is 0.417 e. The van der Waals surface area contributed by atoms with Gasteiger partial charge >= 0.3 is 6.18 Å². The van der Waals surface area contributed by atoms with Crippen LogP contribution in [0.4, 0.5) is 18.9 Å². The summed E-state index contributed by atoms with van der Waals surface area (Å²) >= 11 is 0. The first kappa shape index (κ1) is 24.5. The number of halogens is 3. The molecule has 2 heterocycles. The molecule has 0 bridgehead atoms. The molecule has 0 aliphatic carbocycles. The lowest BCUT2D eigenvalue weighted by molar-refractivity contribution is -0.138. The monoisotopic (exact) mass is 507 g/mol. The maximum Gasteiger partial charge on any atom is 0.417 e. The number of imide groups is 1. The number of alkyl halides is 3. The topological polar surface area (TPSA) is 60.9 Å². The van der Waals surface area contributed by atoms with E-state index in [9.17, 15) is 27.6 Å². The van der Waals surface area contributed by atoms with Crippen LogP contribution in [0.5, 0.6) is 0 Å². The molecule has 1 fully saturated rings. The molecular formula is C28H24F3N3O3. The van der Waals surface area contributed by atoms with Gasteiger partial charge in [-0.25, -0.2) is 0 Å². The number of benzene rings is 3. The highest BCUT2D eigenvalue weighted by Gasteiger charge is 2.37. The van der Waals surface area contributed by atoms with Gasteiger partial charge in [0.25, 0.3) is 17.7 Å². The molecule has 0 radical (unpaired) electrons. The lowest BCUT2D eigenvalue weighted by Crippen LogP contribution is -2.49. The van der Waals surface area contributed by atoms with Crippen molar-refractivity contribution in [1.82, 2.24) is 9.80 Å². The normalized spacial score (nSPS) is 15.8. The predicted molar refractivity (Wildman–Crippen MR) is 132 cm³/mol. The van der Waals surface area contributed by atoms with E-state index in [0.29, 0.717) is 30.6 Å². The smallest absolute Gasteiger partial charge is 0.368 e. The zero-order valence-corrected chi connectivity index (χ0v) is 19.9. The zero-order valence-electron chi connectivity index (χ0n) is 19.9. The van der Waals surface area contributed by atoms with E-state index in [0.717, 1.165) is 17.3 Å². The Morgan fingerprint density at radius 2 is 1.43 bits per heavy atom. The number of piperazine rings is 1. The first-order valence-electron chi connectivity index (χ1n) is 12.0. The van der Waals surface area contributed by atoms with Crippen molar-refractivity contribution >= 4 is 23.4 Å². The highest BCUT2D eigenvalue weighted by atomic mass is 19.4. The maximum absolute atomic E-state index is 13.4. The summed E-state index contributed by atoms with van der Waals surface area (Å²) in [4.78, 5) is 43.3. The molecule has 3 aromatic carbocycles. The van der Waals surface area contributed by atoms with E-state index in [-0.39, 0.29) is 37.0 Å². The fraction of sp³-hybridized carbons (Fsp3) is 0.250. The van der Waals surface area contributed by atoms with E-state index in [1.807, 2.05) is 35.2 Å². The van der Waals surface area contributed by atoms with Gasteiger partial charge in [0.1, 0.15) is 0 Å². The Balaban J connectivity index is 1.25. The van der Waals surface area contributed by atoms with Gasteiger partial charge in [-0.05, 0) is 42.3 Å². The lowest BCUT2D eigenvalue weighted by Gasteiger charge is -2.36. The molecule has 6 nitrogen and oxygen atoms in total. The molecule has 9 heteroatoms. The van der Waals surface area contributed by atoms with Crippen molar-refractivity contribution in [3.05, 3.63) is 101 Å². The van der Waals surface area contributed by atoms with Gasteiger partial charge in [-0.3, -0.25) is 19.3 Å². The Labute approximate surface area is 211 Å². The summed E-state index contributed by atoms with van der Waals surface area (Å²) in [6, 6.07) is 19.5. The van der Waals surface area contributed by atoms with Gasteiger partial charge in [-0.15, -0.1) is 0 Å². The minimum atomic E-state index is -4.61. The molecule has 2 aliphatic heterocycles. The summed E-state index contributed by atoms with van der Waals surface area (Å²) in [7, 11) is 0. The van der Waals surface area contributed by atoms with Gasteiger partial charge in [0.2, 0.25) is 0 Å². The summed E-state index contributed by atoms with van der Waals surface area (Å²) in [5.41, 5.74) is 1.16. The molecule has 37 heavy (non-hydrogen) atoms. The standard InChI is InChI=1S/C28H24F3N3O3/c29-28(30,31)24-9-5-4-8-22(24)25(35)33-16-14-32(15-17-33)20-10-11-21-23(18-20)27(37)34(26(21)36)13-12-19-6-2-1-3-7-19/h1-11,18H,12-17H2. The number of amides is 3. The molecule has 0 spiro atoms. The molecule has 0 N–H and O–H groups in total. The van der Waals surface area contributed by atoms with Crippen LogP contribution in [-0.2, 0) is 12.6 Å². The highest BCUT2D eigenvalue weighted by Crippen LogP contribution is 2.33. The van der Waals surface area contributed by atoms with Crippen molar-refractivity contribution in [3.63, 3.8) is 0 Å². The van der Waals surface area contributed by atoms with Crippen molar-refractivity contribution in [2.45, 2.75) is 12.6 Å². The predicted octanol–water partition coefficient (Wildman–Crippen LogP) is 4.51. The van der Waals surface area contributed by atoms with Gasteiger partial charge in [-0.2, -0.15) is 13.2 Å². The van der Waals surface area contributed by atoms with Crippen LogP contribution < -0.4 is 4.90 Å². The second-order valence-electron chi connectivity index (χ2n) is 9.05. The van der Waals surface area contributed by atoms with Crippen LogP contribution >= 0.6 is 0 Å². The molecule has 0 aromatic heterocycles. The average molecular weight is 508 g/mol. The molecule has 0 atom stereocenters. The molecule has 5 rings (SSSR count). The van der Waals surface area contributed by atoms with Crippen molar-refractivity contribution in [2.75, 3.05) is 37.6 Å². The van der Waals surface area contributed by atoms with E-state index < -0.39 is 17.6 Å². The van der Waals surface area contributed by atoms with Crippen molar-refractivity contribution in [3.8, 4) is 0 Å². The van der Waals surface area contributed by atoms with Crippen LogP contribution in [0.1, 0.15) is 42.2 Å². The first-order valence-corrected chi connectivity index (χ1v) is 12.0. The molecule has 3 aromatic rings. The lowest BCUT2D eigenvalue weighted by atomic mass is 10.0. The zero-order chi connectivity index (χ0) is 26.2. The van der Waals surface area contributed by atoms with Crippen LogP contribution in [0.15, 0.2) is 72.8 Å². The summed E-state index contributed by atoms with van der Waals surface area (Å²) < 4.78 is 40.1. The third kappa shape index (κ3) is 4.81. The Hall–Kier alpha value is -4.14. The van der Waals surface area contributed by atoms with Crippen LogP contribution in [-0.4, -0.2) is 60.2 Å². The molecular weight excluding hydrogens is 483 g/mol. The molecule has 2 aliphatic rings. The maximum atomic E-state index is 13.4. The second-order valence-corrected chi connectivity index (χ2v) is 9.05. The van der Waals surface area contributed by atoms with Gasteiger partial charge < -0.3 is 9.80 Å². The van der Waals surface area contributed by atoms with Crippen molar-refractivity contribution < 1.29 is 27.6 Å². The molecule has 1 saturated heterocycles. The fourth-order valence-corrected chi connectivity index (χ4v) is 4.82. The minimum absolute atomic E-state index is 0.234. The molecule has 3 amide bonds. The van der Waals surface area contributed by atoms with E-state index in [4.69, 9.17) is 0 Å². The van der Waals surface area contributed by atoms with Crippen molar-refractivity contribution in [1.29, 1.82) is 0 Å². The number of hydrogen-bond acceptors (Lipinski definition) is 4. The number of carbonyl (C=O) groups is 3. The number of hydrogen-bond donors (Lipinski definition) is 0. The Kier molecular flexibility index (Phi) is 6.45. The quantitative estimate of drug-likeness (QED) is 0.477. The van der Waals surface area contributed by atoms with Gasteiger partial charge in [0.15, 0.2) is 0 Å². The molecule has 0 unspecified atom stereocenters. The number of fused-ring (bicyclic) bond motifs is 1. The Morgan fingerprint density at radius 3 is 2.14 bits per heavy atom. The first-order chi connectivity index (χ1) is 17.7. The van der Waals surface area contributed by atoms with E-state index >= 15 is 0 Å². The Morgan fingerprint density at radius 1 is 0.784 bits per heavy atom. The van der Waals surface area contributed by atoms with Crippen LogP contribution in [0.2, 0.25) is 0 Å². The average Bonchev–Trinajstić information content (AvgIpc) is 3.15. The van der Waals surface area contributed by atoms with Crippen LogP contribution in [0.3, 0.4) is 0 Å². The van der Waals surface area contributed by atoms with E-state index in [2.05, 4.69) is 0 Å². The van der Waals surface area contributed by atoms with E-state index in [1.54, 1.807) is 18.2 Å². The highest BCUT2D eigenvalue weighted by molar-refractivity contribution is 6.21. The van der Waals surface area contributed by atoms with Crippen molar-refractivity contribution in [2.24, 2.45) is 0 Å². The third-order valence-corrected chi connectivity index (χ3v) is 6.82. The van der Waals surface area contributed by atoms with E-state index in [1.165, 1.54) is 28.0 Å². The van der Waals surface area contributed by atoms with Crippen LogP contribution in [0.25, 0.3) is 0 Å². The molecule has 190 valence electrons. The minimum Gasteiger partial charge on any atom is -0.368 e. The number of anilines is 1. The van der Waals surface area contributed by atoms with Gasteiger partial charge in [0, 0.05) is 38.4 Å². The van der Waals surface area contributed by atoms with Gasteiger partial charge in [0.05, 0.1) is 22.3 Å². The third-order valence-electron chi connectivity index (χ3n) is 6.82. The number of carbonyl (C=O) groups excluding carboxylic acids is 3. The summed E-state index contributed by atoms with van der Waals surface area (Å²) in [5, 5.41) is 0. The number of rotatable bonds is 5. The summed E-state index contributed by atoms with van der Waals surface area (Å²) in [6.45, 7) is 1.53. The second kappa shape index (κ2) is 9.72. The fourth-order valence-electron chi connectivity index (χ4n) is 4.82. The Bertz CT molecular complexity index is 1350. The SMILES string of the molecule is O=C(c1ccccc1C(F)(F)F)N1CCN(c2ccc3c(c2)C(=O)N(CCc2ccccc2)C3=O)CC1.